The van der Waals surface area contributed by atoms with Crippen LogP contribution in [0.1, 0.15) is 58.8 Å². The average molecular weight is 354 g/mol. The lowest BCUT2D eigenvalue weighted by Gasteiger charge is -2.60. The minimum Gasteiger partial charge on any atom is -0.342 e. The third-order valence-corrected chi connectivity index (χ3v) is 7.53. The summed E-state index contributed by atoms with van der Waals surface area (Å²) in [7, 11) is 0. The van der Waals surface area contributed by atoms with E-state index in [1.54, 1.807) is 0 Å². The van der Waals surface area contributed by atoms with Gasteiger partial charge in [-0.15, -0.1) is 0 Å². The molecule has 5 rings (SSSR count). The van der Waals surface area contributed by atoms with Gasteiger partial charge in [0, 0.05) is 17.4 Å². The summed E-state index contributed by atoms with van der Waals surface area (Å²) in [6.45, 7) is 6.61. The molecule has 0 N–H and O–H groups in total. The van der Waals surface area contributed by atoms with Crippen LogP contribution in [-0.4, -0.2) is 28.2 Å². The number of amides is 1. The van der Waals surface area contributed by atoms with Crippen LogP contribution >= 0.6 is 15.9 Å². The van der Waals surface area contributed by atoms with E-state index in [0.717, 1.165) is 31.3 Å². The van der Waals surface area contributed by atoms with Crippen molar-refractivity contribution < 1.29 is 4.79 Å². The van der Waals surface area contributed by atoms with Gasteiger partial charge in [-0.3, -0.25) is 4.79 Å². The standard InChI is InChI=1S/C18H28BrNO/c1-12-3-13(2)10-20(9-12)16(21)17-5-14-4-15(6-17)8-18(19,7-14)11-17/h12-15H,3-11H2,1-2H3. The molecule has 4 aliphatic carbocycles. The molecule has 1 amide bonds. The number of nitrogens with zero attached hydrogens (tertiary/aromatic N) is 1. The molecule has 4 atom stereocenters. The minimum atomic E-state index is -0.00956. The van der Waals surface area contributed by atoms with Crippen molar-refractivity contribution in [2.24, 2.45) is 29.1 Å². The van der Waals surface area contributed by atoms with Gasteiger partial charge in [0.05, 0.1) is 5.41 Å². The van der Waals surface area contributed by atoms with E-state index in [9.17, 15) is 4.79 Å². The first-order valence-electron chi connectivity index (χ1n) is 8.86. The van der Waals surface area contributed by atoms with Gasteiger partial charge in [-0.1, -0.05) is 29.8 Å². The Bertz CT molecular complexity index is 438. The van der Waals surface area contributed by atoms with Crippen LogP contribution in [0.5, 0.6) is 0 Å². The second-order valence-electron chi connectivity index (χ2n) is 9.05. The molecule has 0 aromatic carbocycles. The van der Waals surface area contributed by atoms with E-state index in [1.165, 1.54) is 38.5 Å². The lowest BCUT2D eigenvalue weighted by molar-refractivity contribution is -0.158. The summed E-state index contributed by atoms with van der Waals surface area (Å²) in [4.78, 5) is 15.6. The van der Waals surface area contributed by atoms with Gasteiger partial charge in [0.15, 0.2) is 0 Å². The van der Waals surface area contributed by atoms with Crippen LogP contribution < -0.4 is 0 Å². The molecule has 5 aliphatic rings. The maximum Gasteiger partial charge on any atom is 0.228 e. The molecule has 0 spiro atoms. The highest BCUT2D eigenvalue weighted by Gasteiger charge is 2.60. The van der Waals surface area contributed by atoms with Crippen molar-refractivity contribution >= 4 is 21.8 Å². The number of rotatable bonds is 1. The molecule has 0 radical (unpaired) electrons. The summed E-state index contributed by atoms with van der Waals surface area (Å²) in [6, 6.07) is 0. The smallest absolute Gasteiger partial charge is 0.228 e. The number of alkyl halides is 1. The first kappa shape index (κ1) is 14.5. The van der Waals surface area contributed by atoms with Crippen LogP contribution in [0, 0.1) is 29.1 Å². The Morgan fingerprint density at radius 3 is 2.10 bits per heavy atom. The van der Waals surface area contributed by atoms with Gasteiger partial charge in [0.25, 0.3) is 0 Å². The van der Waals surface area contributed by atoms with Crippen molar-refractivity contribution in [3.63, 3.8) is 0 Å². The first-order chi connectivity index (χ1) is 9.87. The summed E-state index contributed by atoms with van der Waals surface area (Å²) in [6.07, 6.45) is 8.74. The van der Waals surface area contributed by atoms with Crippen molar-refractivity contribution in [3.05, 3.63) is 0 Å². The van der Waals surface area contributed by atoms with Gasteiger partial charge < -0.3 is 4.90 Å². The van der Waals surface area contributed by atoms with Crippen molar-refractivity contribution in [1.82, 2.24) is 4.90 Å². The molecule has 0 aromatic heterocycles. The molecule has 4 unspecified atom stereocenters. The SMILES string of the molecule is CC1CC(C)CN(C(=O)C23CC4CC(CC(Br)(C4)C2)C3)C1. The largest absolute Gasteiger partial charge is 0.342 e. The zero-order valence-electron chi connectivity index (χ0n) is 13.4. The second-order valence-corrected chi connectivity index (χ2v) is 10.7. The fourth-order valence-corrected chi connectivity index (χ4v) is 8.02. The molecule has 21 heavy (non-hydrogen) atoms. The maximum atomic E-state index is 13.4. The highest BCUT2D eigenvalue weighted by molar-refractivity contribution is 9.10. The number of likely N-dealkylation sites (tertiary alicyclic amines) is 1. The van der Waals surface area contributed by atoms with Gasteiger partial charge in [-0.2, -0.15) is 0 Å². The van der Waals surface area contributed by atoms with E-state index < -0.39 is 0 Å². The molecule has 4 saturated carbocycles. The Morgan fingerprint density at radius 2 is 1.57 bits per heavy atom. The van der Waals surface area contributed by atoms with Crippen molar-refractivity contribution in [2.75, 3.05) is 13.1 Å². The average Bonchev–Trinajstić information content (AvgIpc) is 2.33. The molecule has 1 heterocycles. The number of hydrogen-bond donors (Lipinski definition) is 0. The summed E-state index contributed by atoms with van der Waals surface area (Å²) in [5.74, 6) is 3.45. The van der Waals surface area contributed by atoms with E-state index in [0.29, 0.717) is 22.1 Å². The molecule has 5 fully saturated rings. The topological polar surface area (TPSA) is 20.3 Å². The van der Waals surface area contributed by atoms with Gasteiger partial charge in [0.1, 0.15) is 0 Å². The minimum absolute atomic E-state index is 0.00956. The Kier molecular flexibility index (Phi) is 3.27. The fraction of sp³-hybridized carbons (Fsp3) is 0.944. The van der Waals surface area contributed by atoms with E-state index in [-0.39, 0.29) is 5.41 Å². The van der Waals surface area contributed by atoms with E-state index in [4.69, 9.17) is 0 Å². The Morgan fingerprint density at radius 1 is 1.00 bits per heavy atom. The second kappa shape index (κ2) is 4.72. The number of carbonyl (C=O) groups is 1. The lowest BCUT2D eigenvalue weighted by Crippen LogP contribution is -2.60. The Balaban J connectivity index is 1.59. The third kappa shape index (κ3) is 2.38. The molecular formula is C18H28BrNO. The monoisotopic (exact) mass is 353 g/mol. The van der Waals surface area contributed by atoms with Crippen LogP contribution in [0.3, 0.4) is 0 Å². The predicted molar refractivity (Wildman–Crippen MR) is 88.3 cm³/mol. The molecule has 118 valence electrons. The zero-order chi connectivity index (χ0) is 14.8. The van der Waals surface area contributed by atoms with Crippen LogP contribution in [0.15, 0.2) is 0 Å². The Labute approximate surface area is 137 Å². The van der Waals surface area contributed by atoms with E-state index in [2.05, 4.69) is 34.7 Å². The molecule has 4 bridgehead atoms. The summed E-state index contributed by atoms with van der Waals surface area (Å²) >= 11 is 4.04. The molecule has 0 aromatic rings. The predicted octanol–water partition coefficient (Wildman–Crippen LogP) is 4.22. The molecule has 2 nitrogen and oxygen atoms in total. The van der Waals surface area contributed by atoms with Crippen molar-refractivity contribution in [2.45, 2.75) is 63.1 Å². The molecule has 1 aliphatic heterocycles. The number of halogens is 1. The van der Waals surface area contributed by atoms with Gasteiger partial charge >= 0.3 is 0 Å². The number of carbonyl (C=O) groups excluding carboxylic acids is 1. The van der Waals surface area contributed by atoms with E-state index >= 15 is 0 Å². The van der Waals surface area contributed by atoms with Crippen LogP contribution in [0.2, 0.25) is 0 Å². The highest BCUT2D eigenvalue weighted by atomic mass is 79.9. The van der Waals surface area contributed by atoms with Gasteiger partial charge in [-0.05, 0) is 68.6 Å². The molecular weight excluding hydrogens is 326 g/mol. The first-order valence-corrected chi connectivity index (χ1v) is 9.65. The van der Waals surface area contributed by atoms with E-state index in [1.807, 2.05) is 0 Å². The summed E-state index contributed by atoms with van der Waals surface area (Å²) < 4.78 is 0.291. The third-order valence-electron chi connectivity index (χ3n) is 6.60. The fourth-order valence-electron chi connectivity index (χ4n) is 6.57. The quantitative estimate of drug-likeness (QED) is 0.646. The molecule has 1 saturated heterocycles. The zero-order valence-corrected chi connectivity index (χ0v) is 15.0. The van der Waals surface area contributed by atoms with Gasteiger partial charge in [0.2, 0.25) is 5.91 Å². The number of piperidine rings is 1. The van der Waals surface area contributed by atoms with Crippen LogP contribution in [-0.2, 0) is 4.79 Å². The summed E-state index contributed by atoms with van der Waals surface area (Å²) in [5.41, 5.74) is -0.00956. The summed E-state index contributed by atoms with van der Waals surface area (Å²) in [5, 5.41) is 0. The normalized spacial score (nSPS) is 52.2. The molecule has 3 heteroatoms. The van der Waals surface area contributed by atoms with Gasteiger partial charge in [-0.25, -0.2) is 0 Å². The van der Waals surface area contributed by atoms with Crippen LogP contribution in [0.25, 0.3) is 0 Å². The van der Waals surface area contributed by atoms with Crippen molar-refractivity contribution in [1.29, 1.82) is 0 Å². The maximum absolute atomic E-state index is 13.4. The van der Waals surface area contributed by atoms with Crippen molar-refractivity contribution in [3.8, 4) is 0 Å². The lowest BCUT2D eigenvalue weighted by atomic mass is 9.49. The Hall–Kier alpha value is -0.0500. The number of hydrogen-bond acceptors (Lipinski definition) is 1. The highest BCUT2D eigenvalue weighted by Crippen LogP contribution is 2.64. The van der Waals surface area contributed by atoms with Crippen LogP contribution in [0.4, 0.5) is 0 Å².